The van der Waals surface area contributed by atoms with Gasteiger partial charge in [0.2, 0.25) is 0 Å². The maximum atomic E-state index is 5.80. The lowest BCUT2D eigenvalue weighted by Crippen LogP contribution is -2.44. The van der Waals surface area contributed by atoms with E-state index in [0.29, 0.717) is 12.2 Å². The van der Waals surface area contributed by atoms with Crippen molar-refractivity contribution >= 4 is 0 Å². The number of rotatable bonds is 5. The number of nitrogens with one attached hydrogen (secondary N) is 1. The zero-order valence-electron chi connectivity index (χ0n) is 14.1. The Morgan fingerprint density at radius 2 is 1.59 bits per heavy atom. The second-order valence-electron chi connectivity index (χ2n) is 7.13. The molecule has 1 aliphatic carbocycles. The van der Waals surface area contributed by atoms with E-state index in [4.69, 9.17) is 4.74 Å². The summed E-state index contributed by atoms with van der Waals surface area (Å²) in [7, 11) is 0. The molecule has 1 aromatic carbocycles. The Balaban J connectivity index is 1.48. The molecule has 1 heterocycles. The van der Waals surface area contributed by atoms with Crippen LogP contribution in [0.1, 0.15) is 50.7 Å². The summed E-state index contributed by atoms with van der Waals surface area (Å²) in [5.41, 5.74) is 2.81. The van der Waals surface area contributed by atoms with Gasteiger partial charge in [0.15, 0.2) is 0 Å². The first-order chi connectivity index (χ1) is 10.7. The van der Waals surface area contributed by atoms with E-state index in [9.17, 15) is 0 Å². The fourth-order valence-corrected chi connectivity index (χ4v) is 3.83. The van der Waals surface area contributed by atoms with Crippen LogP contribution in [0.25, 0.3) is 0 Å². The van der Waals surface area contributed by atoms with Gasteiger partial charge in [-0.15, -0.1) is 0 Å². The molecule has 0 radical (unpaired) electrons. The summed E-state index contributed by atoms with van der Waals surface area (Å²) in [6.45, 7) is 8.45. The number of morpholine rings is 1. The molecule has 2 atom stereocenters. The highest BCUT2D eigenvalue weighted by Crippen LogP contribution is 2.18. The van der Waals surface area contributed by atoms with Crippen molar-refractivity contribution in [2.75, 3.05) is 13.1 Å². The van der Waals surface area contributed by atoms with Gasteiger partial charge in [-0.25, -0.2) is 0 Å². The molecule has 1 N–H and O–H groups in total. The van der Waals surface area contributed by atoms with Gasteiger partial charge in [-0.05, 0) is 37.8 Å². The Morgan fingerprint density at radius 1 is 1.00 bits per heavy atom. The van der Waals surface area contributed by atoms with Crippen molar-refractivity contribution in [3.63, 3.8) is 0 Å². The van der Waals surface area contributed by atoms with Crippen molar-refractivity contribution in [3.8, 4) is 0 Å². The molecule has 1 saturated carbocycles. The predicted molar refractivity (Wildman–Crippen MR) is 90.8 cm³/mol. The zero-order valence-corrected chi connectivity index (χ0v) is 14.1. The summed E-state index contributed by atoms with van der Waals surface area (Å²) < 4.78 is 5.80. The predicted octanol–water partition coefficient (Wildman–Crippen LogP) is 3.33. The fraction of sp³-hybridized carbons (Fsp3) is 0.684. The minimum absolute atomic E-state index is 0.346. The SMILES string of the molecule is C[C@@H]1CN(Cc2ccc(CNC3CCCC3)cc2)C[C@@H](C)O1. The van der Waals surface area contributed by atoms with E-state index in [1.165, 1.54) is 36.8 Å². The van der Waals surface area contributed by atoms with E-state index in [-0.39, 0.29) is 0 Å². The van der Waals surface area contributed by atoms with E-state index >= 15 is 0 Å². The topological polar surface area (TPSA) is 24.5 Å². The monoisotopic (exact) mass is 302 g/mol. The lowest BCUT2D eigenvalue weighted by Gasteiger charge is -2.35. The maximum Gasteiger partial charge on any atom is 0.0678 e. The van der Waals surface area contributed by atoms with Gasteiger partial charge in [0.25, 0.3) is 0 Å². The molecule has 3 heteroatoms. The molecular formula is C19H30N2O. The van der Waals surface area contributed by atoms with Crippen molar-refractivity contribution in [1.82, 2.24) is 10.2 Å². The molecule has 0 amide bonds. The molecule has 1 aromatic rings. The Labute approximate surface area is 135 Å². The van der Waals surface area contributed by atoms with Gasteiger partial charge in [0.1, 0.15) is 0 Å². The third kappa shape index (κ3) is 4.55. The number of hydrogen-bond donors (Lipinski definition) is 1. The van der Waals surface area contributed by atoms with Gasteiger partial charge in [-0.1, -0.05) is 37.1 Å². The van der Waals surface area contributed by atoms with Crippen LogP contribution < -0.4 is 5.32 Å². The highest BCUT2D eigenvalue weighted by Gasteiger charge is 2.22. The number of benzene rings is 1. The zero-order chi connectivity index (χ0) is 15.4. The highest BCUT2D eigenvalue weighted by atomic mass is 16.5. The highest BCUT2D eigenvalue weighted by molar-refractivity contribution is 5.22. The summed E-state index contributed by atoms with van der Waals surface area (Å²) in [6.07, 6.45) is 6.19. The molecule has 3 nitrogen and oxygen atoms in total. The Morgan fingerprint density at radius 3 is 2.23 bits per heavy atom. The maximum absolute atomic E-state index is 5.80. The first-order valence-electron chi connectivity index (χ1n) is 8.88. The molecule has 22 heavy (non-hydrogen) atoms. The average molecular weight is 302 g/mol. The van der Waals surface area contributed by atoms with E-state index < -0.39 is 0 Å². The Hall–Kier alpha value is -0.900. The van der Waals surface area contributed by atoms with Crippen LogP contribution in [0, 0.1) is 0 Å². The van der Waals surface area contributed by atoms with Gasteiger partial charge < -0.3 is 10.1 Å². The van der Waals surface area contributed by atoms with Crippen molar-refractivity contribution in [2.24, 2.45) is 0 Å². The first kappa shape index (κ1) is 16.0. The van der Waals surface area contributed by atoms with E-state index in [2.05, 4.69) is 48.3 Å². The van der Waals surface area contributed by atoms with Gasteiger partial charge >= 0.3 is 0 Å². The van der Waals surface area contributed by atoms with Crippen LogP contribution in [0.15, 0.2) is 24.3 Å². The second kappa shape index (κ2) is 7.58. The molecule has 3 rings (SSSR count). The van der Waals surface area contributed by atoms with Gasteiger partial charge in [-0.2, -0.15) is 0 Å². The molecule has 1 saturated heterocycles. The lowest BCUT2D eigenvalue weighted by atomic mass is 10.1. The second-order valence-corrected chi connectivity index (χ2v) is 7.13. The molecular weight excluding hydrogens is 272 g/mol. The van der Waals surface area contributed by atoms with Gasteiger partial charge in [0.05, 0.1) is 12.2 Å². The molecule has 2 aliphatic rings. The molecule has 2 fully saturated rings. The minimum Gasteiger partial charge on any atom is -0.373 e. The minimum atomic E-state index is 0.346. The fourth-order valence-electron chi connectivity index (χ4n) is 3.83. The number of hydrogen-bond acceptors (Lipinski definition) is 3. The quantitative estimate of drug-likeness (QED) is 0.903. The number of ether oxygens (including phenoxy) is 1. The van der Waals surface area contributed by atoms with Crippen LogP contribution in [0.5, 0.6) is 0 Å². The van der Waals surface area contributed by atoms with Crippen molar-refractivity contribution in [3.05, 3.63) is 35.4 Å². The summed E-state index contributed by atoms with van der Waals surface area (Å²) in [5, 5.41) is 3.68. The first-order valence-corrected chi connectivity index (χ1v) is 8.88. The average Bonchev–Trinajstić information content (AvgIpc) is 2.99. The third-order valence-corrected chi connectivity index (χ3v) is 4.87. The molecule has 122 valence electrons. The Bertz CT molecular complexity index is 443. The van der Waals surface area contributed by atoms with Crippen LogP contribution in [0.2, 0.25) is 0 Å². The van der Waals surface area contributed by atoms with E-state index in [0.717, 1.165) is 32.2 Å². The van der Waals surface area contributed by atoms with Crippen LogP contribution in [-0.4, -0.2) is 36.2 Å². The molecule has 0 unspecified atom stereocenters. The third-order valence-electron chi connectivity index (χ3n) is 4.87. The van der Waals surface area contributed by atoms with Crippen molar-refractivity contribution in [2.45, 2.75) is 70.9 Å². The standard InChI is InChI=1S/C19H30N2O/c1-15-12-21(13-16(2)22-15)14-18-9-7-17(8-10-18)11-20-19-5-3-4-6-19/h7-10,15-16,19-20H,3-6,11-14H2,1-2H3/t15-,16-/m1/s1. The van der Waals surface area contributed by atoms with Crippen molar-refractivity contribution < 1.29 is 4.74 Å². The molecule has 0 aromatic heterocycles. The lowest BCUT2D eigenvalue weighted by molar-refractivity contribution is -0.0704. The van der Waals surface area contributed by atoms with E-state index in [1.807, 2.05) is 0 Å². The summed E-state index contributed by atoms with van der Waals surface area (Å²) >= 11 is 0. The van der Waals surface area contributed by atoms with Crippen LogP contribution >= 0.6 is 0 Å². The molecule has 0 bridgehead atoms. The normalized spacial score (nSPS) is 27.4. The molecule has 1 aliphatic heterocycles. The summed E-state index contributed by atoms with van der Waals surface area (Å²) in [4.78, 5) is 2.50. The molecule has 0 spiro atoms. The van der Waals surface area contributed by atoms with Gasteiger partial charge in [-0.3, -0.25) is 4.90 Å². The largest absolute Gasteiger partial charge is 0.373 e. The van der Waals surface area contributed by atoms with Gasteiger partial charge in [0, 0.05) is 32.2 Å². The van der Waals surface area contributed by atoms with Crippen LogP contribution in [0.4, 0.5) is 0 Å². The number of nitrogens with zero attached hydrogens (tertiary/aromatic N) is 1. The summed E-state index contributed by atoms with van der Waals surface area (Å²) in [5.74, 6) is 0. The summed E-state index contributed by atoms with van der Waals surface area (Å²) in [6, 6.07) is 9.89. The smallest absolute Gasteiger partial charge is 0.0678 e. The van der Waals surface area contributed by atoms with Crippen LogP contribution in [0.3, 0.4) is 0 Å². The van der Waals surface area contributed by atoms with Crippen molar-refractivity contribution in [1.29, 1.82) is 0 Å². The van der Waals surface area contributed by atoms with Crippen LogP contribution in [-0.2, 0) is 17.8 Å². The Kier molecular flexibility index (Phi) is 5.51. The van der Waals surface area contributed by atoms with E-state index in [1.54, 1.807) is 0 Å².